The van der Waals surface area contributed by atoms with Crippen LogP contribution < -0.4 is 0 Å². The molecule has 2 aromatic carbocycles. The smallest absolute Gasteiger partial charge is 0.266 e. The number of aromatic nitrogens is 3. The number of fused-ring (bicyclic) bond motifs is 1. The van der Waals surface area contributed by atoms with Gasteiger partial charge in [-0.3, -0.25) is 0 Å². The first-order chi connectivity index (χ1) is 10.8. The van der Waals surface area contributed by atoms with Gasteiger partial charge in [-0.05, 0) is 31.2 Å². The van der Waals surface area contributed by atoms with Crippen molar-refractivity contribution in [3.8, 4) is 23.0 Å². The molecule has 0 saturated heterocycles. The Hall–Kier alpha value is -3.01. The Morgan fingerprint density at radius 3 is 2.59 bits per heavy atom. The van der Waals surface area contributed by atoms with E-state index in [1.165, 1.54) is 0 Å². The molecule has 0 N–H and O–H groups in total. The van der Waals surface area contributed by atoms with E-state index in [0.717, 1.165) is 22.0 Å². The molecule has 4 rings (SSSR count). The quantitative estimate of drug-likeness (QED) is 0.552. The third kappa shape index (κ3) is 2.24. The van der Waals surface area contributed by atoms with Crippen molar-refractivity contribution < 1.29 is 4.42 Å². The van der Waals surface area contributed by atoms with Gasteiger partial charge in [-0.15, -0.1) is 10.2 Å². The second kappa shape index (κ2) is 5.07. The van der Waals surface area contributed by atoms with Gasteiger partial charge in [0.05, 0.1) is 5.52 Å². The molecule has 0 spiro atoms. The third-order valence-electron chi connectivity index (χ3n) is 3.51. The zero-order valence-electron chi connectivity index (χ0n) is 12.0. The Kier molecular flexibility index (Phi) is 2.93. The van der Waals surface area contributed by atoms with E-state index in [-0.39, 0.29) is 0 Å². The Morgan fingerprint density at radius 1 is 0.818 bits per heavy atom. The summed E-state index contributed by atoms with van der Waals surface area (Å²) in [4.78, 5) is 4.57. The number of pyridine rings is 1. The summed E-state index contributed by atoms with van der Waals surface area (Å²) in [6.45, 7) is 2.03. The molecule has 4 heteroatoms. The van der Waals surface area contributed by atoms with Crippen LogP contribution in [-0.4, -0.2) is 15.2 Å². The summed E-state index contributed by atoms with van der Waals surface area (Å²) in [5.74, 6) is 0.941. The topological polar surface area (TPSA) is 51.8 Å². The van der Waals surface area contributed by atoms with Crippen LogP contribution in [0.3, 0.4) is 0 Å². The number of aryl methyl sites for hydroxylation is 1. The number of hydrogen-bond acceptors (Lipinski definition) is 4. The zero-order chi connectivity index (χ0) is 14.9. The Balaban J connectivity index is 1.76. The summed E-state index contributed by atoms with van der Waals surface area (Å²) < 4.78 is 5.77. The van der Waals surface area contributed by atoms with Crippen LogP contribution in [0.2, 0.25) is 0 Å². The molecule has 0 aliphatic rings. The van der Waals surface area contributed by atoms with Gasteiger partial charge in [-0.25, -0.2) is 4.98 Å². The van der Waals surface area contributed by atoms with Crippen molar-refractivity contribution in [2.24, 2.45) is 0 Å². The molecular weight excluding hydrogens is 274 g/mol. The summed E-state index contributed by atoms with van der Waals surface area (Å²) in [6.07, 6.45) is 0. The number of rotatable bonds is 2. The van der Waals surface area contributed by atoms with Gasteiger partial charge in [0.25, 0.3) is 5.89 Å². The van der Waals surface area contributed by atoms with Crippen LogP contribution in [0.15, 0.2) is 65.1 Å². The van der Waals surface area contributed by atoms with Gasteiger partial charge in [0.2, 0.25) is 5.89 Å². The summed E-state index contributed by atoms with van der Waals surface area (Å²) in [5.41, 5.74) is 3.67. The molecule has 0 radical (unpaired) electrons. The molecule has 4 nitrogen and oxygen atoms in total. The van der Waals surface area contributed by atoms with Gasteiger partial charge >= 0.3 is 0 Å². The van der Waals surface area contributed by atoms with Crippen LogP contribution in [0.5, 0.6) is 0 Å². The summed E-state index contributed by atoms with van der Waals surface area (Å²) in [7, 11) is 0. The van der Waals surface area contributed by atoms with Crippen molar-refractivity contribution in [3.05, 3.63) is 66.2 Å². The molecule has 0 unspecified atom stereocenters. The van der Waals surface area contributed by atoms with E-state index in [2.05, 4.69) is 15.2 Å². The third-order valence-corrected chi connectivity index (χ3v) is 3.51. The molecule has 22 heavy (non-hydrogen) atoms. The zero-order valence-corrected chi connectivity index (χ0v) is 12.0. The number of para-hydroxylation sites is 1. The molecule has 0 amide bonds. The van der Waals surface area contributed by atoms with Crippen LogP contribution in [0, 0.1) is 6.92 Å². The first-order valence-electron chi connectivity index (χ1n) is 7.06. The number of hydrogen-bond donors (Lipinski definition) is 0. The first kappa shape index (κ1) is 12.7. The fourth-order valence-electron chi connectivity index (χ4n) is 2.41. The average Bonchev–Trinajstić information content (AvgIpc) is 3.04. The molecule has 0 fully saturated rings. The van der Waals surface area contributed by atoms with Crippen LogP contribution in [-0.2, 0) is 0 Å². The average molecular weight is 287 g/mol. The van der Waals surface area contributed by atoms with Gasteiger partial charge < -0.3 is 4.42 Å². The van der Waals surface area contributed by atoms with E-state index >= 15 is 0 Å². The van der Waals surface area contributed by atoms with Crippen molar-refractivity contribution in [3.63, 3.8) is 0 Å². The van der Waals surface area contributed by atoms with E-state index in [1.54, 1.807) is 0 Å². The fourth-order valence-corrected chi connectivity index (χ4v) is 2.41. The van der Waals surface area contributed by atoms with Gasteiger partial charge in [0.15, 0.2) is 0 Å². The minimum absolute atomic E-state index is 0.433. The lowest BCUT2D eigenvalue weighted by molar-refractivity contribution is 0.582. The van der Waals surface area contributed by atoms with E-state index in [0.29, 0.717) is 17.5 Å². The summed E-state index contributed by atoms with van der Waals surface area (Å²) in [5, 5.41) is 9.34. The lowest BCUT2D eigenvalue weighted by Crippen LogP contribution is -1.84. The molecule has 0 saturated carbocycles. The highest BCUT2D eigenvalue weighted by molar-refractivity contribution is 5.80. The maximum absolute atomic E-state index is 5.77. The highest BCUT2D eigenvalue weighted by Crippen LogP contribution is 2.24. The second-order valence-corrected chi connectivity index (χ2v) is 5.17. The van der Waals surface area contributed by atoms with Crippen molar-refractivity contribution >= 4 is 10.9 Å². The maximum Gasteiger partial charge on any atom is 0.266 e. The molecule has 2 heterocycles. The van der Waals surface area contributed by atoms with Gasteiger partial charge in [-0.2, -0.15) is 0 Å². The number of nitrogens with zero attached hydrogens (tertiary/aromatic N) is 3. The standard InChI is InChI=1S/C18H13N3O/c1-12-5-4-7-14(11-12)17-20-21-18(22-17)16-10-9-13-6-2-3-8-15(13)19-16/h2-11H,1H3. The molecule has 0 aliphatic carbocycles. The maximum atomic E-state index is 5.77. The van der Waals surface area contributed by atoms with E-state index in [4.69, 9.17) is 4.42 Å². The van der Waals surface area contributed by atoms with E-state index in [1.807, 2.05) is 67.6 Å². The van der Waals surface area contributed by atoms with Crippen LogP contribution in [0.25, 0.3) is 33.9 Å². The monoisotopic (exact) mass is 287 g/mol. The van der Waals surface area contributed by atoms with Gasteiger partial charge in [-0.1, -0.05) is 42.0 Å². The van der Waals surface area contributed by atoms with E-state index < -0.39 is 0 Å². The summed E-state index contributed by atoms with van der Waals surface area (Å²) >= 11 is 0. The van der Waals surface area contributed by atoms with Gasteiger partial charge in [0, 0.05) is 10.9 Å². The van der Waals surface area contributed by atoms with Crippen molar-refractivity contribution in [2.45, 2.75) is 6.92 Å². The Morgan fingerprint density at radius 2 is 1.68 bits per heavy atom. The first-order valence-corrected chi connectivity index (χ1v) is 7.06. The molecule has 106 valence electrons. The molecule has 0 bridgehead atoms. The van der Waals surface area contributed by atoms with Crippen molar-refractivity contribution in [1.82, 2.24) is 15.2 Å². The minimum Gasteiger partial charge on any atom is -0.415 e. The molecule has 0 aliphatic heterocycles. The molecule has 4 aromatic rings. The van der Waals surface area contributed by atoms with Crippen molar-refractivity contribution in [2.75, 3.05) is 0 Å². The predicted octanol–water partition coefficient (Wildman–Crippen LogP) is 4.26. The largest absolute Gasteiger partial charge is 0.415 e. The normalized spacial score (nSPS) is 11.0. The van der Waals surface area contributed by atoms with Crippen LogP contribution in [0.4, 0.5) is 0 Å². The van der Waals surface area contributed by atoms with Gasteiger partial charge in [0.1, 0.15) is 5.69 Å². The highest BCUT2D eigenvalue weighted by atomic mass is 16.4. The Bertz CT molecular complexity index is 959. The second-order valence-electron chi connectivity index (χ2n) is 5.17. The Labute approximate surface area is 127 Å². The SMILES string of the molecule is Cc1cccc(-c2nnc(-c3ccc4ccccc4n3)o2)c1. The summed E-state index contributed by atoms with van der Waals surface area (Å²) in [6, 6.07) is 19.8. The minimum atomic E-state index is 0.433. The highest BCUT2D eigenvalue weighted by Gasteiger charge is 2.12. The number of benzene rings is 2. The lowest BCUT2D eigenvalue weighted by atomic mass is 10.1. The molecule has 2 aromatic heterocycles. The molecule has 0 atom stereocenters. The predicted molar refractivity (Wildman–Crippen MR) is 85.2 cm³/mol. The van der Waals surface area contributed by atoms with Crippen LogP contribution in [0.1, 0.15) is 5.56 Å². The van der Waals surface area contributed by atoms with E-state index in [9.17, 15) is 0 Å². The lowest BCUT2D eigenvalue weighted by Gasteiger charge is -1.99. The van der Waals surface area contributed by atoms with Crippen molar-refractivity contribution in [1.29, 1.82) is 0 Å². The molecular formula is C18H13N3O. The van der Waals surface area contributed by atoms with Crippen LogP contribution >= 0.6 is 0 Å². The fraction of sp³-hybridized carbons (Fsp3) is 0.0556.